The number of hydrogen-bond acceptors (Lipinski definition) is 3. The molecule has 1 aromatic heterocycles. The van der Waals surface area contributed by atoms with E-state index in [0.29, 0.717) is 17.4 Å². The van der Waals surface area contributed by atoms with Crippen LogP contribution in [0.25, 0.3) is 0 Å². The Morgan fingerprint density at radius 3 is 2.75 bits per heavy atom. The van der Waals surface area contributed by atoms with Crippen molar-refractivity contribution < 1.29 is 4.79 Å². The Balaban J connectivity index is 2.16. The normalized spacial score (nSPS) is 14.4. The molecule has 1 aliphatic carbocycles. The number of carbonyl (C=O) groups excluding carboxylic acids is 1. The number of amidine groups is 1. The second kappa shape index (κ2) is 7.01. The van der Waals surface area contributed by atoms with Gasteiger partial charge in [-0.05, 0) is 48.6 Å². The van der Waals surface area contributed by atoms with E-state index in [1.807, 2.05) is 19.2 Å². The molecule has 1 amide bonds. The van der Waals surface area contributed by atoms with Crippen molar-refractivity contribution in [2.45, 2.75) is 18.8 Å². The molecule has 3 rings (SSSR count). The van der Waals surface area contributed by atoms with Gasteiger partial charge in [0.05, 0.1) is 11.4 Å². The van der Waals surface area contributed by atoms with Crippen molar-refractivity contribution in [2.75, 3.05) is 19.0 Å². The van der Waals surface area contributed by atoms with Gasteiger partial charge in [-0.1, -0.05) is 17.7 Å². The third kappa shape index (κ3) is 3.12. The first-order chi connectivity index (χ1) is 11.7. The smallest absolute Gasteiger partial charge is 0.218 e. The molecule has 1 aliphatic rings. The quantitative estimate of drug-likeness (QED) is 0.391. The molecular formula is C18H19ClN4O. The van der Waals surface area contributed by atoms with E-state index < -0.39 is 0 Å². The van der Waals surface area contributed by atoms with Crippen LogP contribution < -0.4 is 10.2 Å². The van der Waals surface area contributed by atoms with E-state index in [4.69, 9.17) is 11.6 Å². The Hall–Kier alpha value is -2.40. The minimum absolute atomic E-state index is 0.284. The van der Waals surface area contributed by atoms with Crippen molar-refractivity contribution in [3.63, 3.8) is 0 Å². The van der Waals surface area contributed by atoms with Crippen LogP contribution in [0.3, 0.4) is 0 Å². The number of hydrogen-bond donors (Lipinski definition) is 1. The van der Waals surface area contributed by atoms with Gasteiger partial charge in [0.2, 0.25) is 6.41 Å². The fourth-order valence-electron chi connectivity index (χ4n) is 2.79. The number of amides is 1. The highest BCUT2D eigenvalue weighted by molar-refractivity contribution is 6.32. The van der Waals surface area contributed by atoms with E-state index in [1.165, 1.54) is 23.3 Å². The van der Waals surface area contributed by atoms with Crippen molar-refractivity contribution in [1.29, 1.82) is 0 Å². The van der Waals surface area contributed by atoms with Gasteiger partial charge in [0.25, 0.3) is 0 Å². The predicted molar refractivity (Wildman–Crippen MR) is 97.4 cm³/mol. The Bertz CT molecular complexity index is 786. The number of benzene rings is 1. The fraction of sp³-hybridized carbons (Fsp3) is 0.278. The van der Waals surface area contributed by atoms with Gasteiger partial charge < -0.3 is 5.32 Å². The minimum atomic E-state index is 0.284. The summed E-state index contributed by atoms with van der Waals surface area (Å²) in [6.45, 7) is 0. The molecule has 0 unspecified atom stereocenters. The Labute approximate surface area is 146 Å². The number of aliphatic imine (C=N–C) groups is 1. The van der Waals surface area contributed by atoms with Crippen molar-refractivity contribution in [1.82, 2.24) is 10.3 Å². The monoisotopic (exact) mass is 342 g/mol. The van der Waals surface area contributed by atoms with E-state index in [9.17, 15) is 4.79 Å². The minimum Gasteiger partial charge on any atom is -0.373 e. The summed E-state index contributed by atoms with van der Waals surface area (Å²) >= 11 is 6.20. The number of rotatable bonds is 5. The van der Waals surface area contributed by atoms with Crippen LogP contribution in [-0.4, -0.2) is 31.3 Å². The maximum atomic E-state index is 11.9. The van der Waals surface area contributed by atoms with Gasteiger partial charge in [0, 0.05) is 25.9 Å². The molecule has 0 spiro atoms. The van der Waals surface area contributed by atoms with Crippen molar-refractivity contribution >= 4 is 35.2 Å². The summed E-state index contributed by atoms with van der Waals surface area (Å²) in [7, 11) is 3.52. The maximum absolute atomic E-state index is 11.9. The number of carbonyl (C=O) groups is 1. The van der Waals surface area contributed by atoms with Gasteiger partial charge in [-0.15, -0.1) is 0 Å². The molecule has 0 aliphatic heterocycles. The Morgan fingerprint density at radius 2 is 2.17 bits per heavy atom. The summed E-state index contributed by atoms with van der Waals surface area (Å²) in [5.74, 6) is 1.28. The molecule has 1 N–H and O–H groups in total. The highest BCUT2D eigenvalue weighted by Crippen LogP contribution is 2.42. The zero-order valence-electron chi connectivity index (χ0n) is 13.7. The van der Waals surface area contributed by atoms with Gasteiger partial charge in [-0.2, -0.15) is 0 Å². The molecule has 0 radical (unpaired) electrons. The second-order valence-corrected chi connectivity index (χ2v) is 6.02. The zero-order chi connectivity index (χ0) is 17.1. The van der Waals surface area contributed by atoms with Crippen LogP contribution in [0.2, 0.25) is 5.15 Å². The number of anilines is 2. The molecule has 1 heterocycles. The van der Waals surface area contributed by atoms with E-state index in [2.05, 4.69) is 21.4 Å². The molecule has 124 valence electrons. The number of pyridine rings is 1. The summed E-state index contributed by atoms with van der Waals surface area (Å²) in [6, 6.07) is 9.69. The van der Waals surface area contributed by atoms with E-state index in [0.717, 1.165) is 17.7 Å². The molecule has 1 fully saturated rings. The molecule has 0 bridgehead atoms. The molecule has 6 heteroatoms. The lowest BCUT2D eigenvalue weighted by molar-refractivity contribution is -0.106. The van der Waals surface area contributed by atoms with Crippen molar-refractivity contribution in [3.8, 4) is 0 Å². The zero-order valence-corrected chi connectivity index (χ0v) is 14.4. The van der Waals surface area contributed by atoms with Crippen LogP contribution in [-0.2, 0) is 4.79 Å². The summed E-state index contributed by atoms with van der Waals surface area (Å²) in [4.78, 5) is 21.8. The maximum Gasteiger partial charge on any atom is 0.218 e. The topological polar surface area (TPSA) is 57.6 Å². The molecular weight excluding hydrogens is 324 g/mol. The van der Waals surface area contributed by atoms with Crippen LogP contribution in [0, 0.1) is 0 Å². The van der Waals surface area contributed by atoms with Crippen molar-refractivity contribution in [3.05, 3.63) is 52.8 Å². The molecule has 0 saturated heterocycles. The van der Waals surface area contributed by atoms with E-state index >= 15 is 0 Å². The van der Waals surface area contributed by atoms with Gasteiger partial charge in [0.1, 0.15) is 5.84 Å². The lowest BCUT2D eigenvalue weighted by atomic mass is 10.0. The third-order valence-corrected chi connectivity index (χ3v) is 4.44. The second-order valence-electron chi connectivity index (χ2n) is 5.66. The third-order valence-electron chi connectivity index (χ3n) is 4.15. The largest absolute Gasteiger partial charge is 0.373 e. The molecule has 0 atom stereocenters. The molecule has 2 aromatic rings. The summed E-state index contributed by atoms with van der Waals surface area (Å²) in [5.41, 5.74) is 3.37. The first-order valence-electron chi connectivity index (χ1n) is 7.83. The molecule has 1 saturated carbocycles. The highest BCUT2D eigenvalue weighted by Gasteiger charge is 2.26. The summed E-state index contributed by atoms with van der Waals surface area (Å²) in [6.07, 6.45) is 4.74. The number of aromatic nitrogens is 1. The number of nitrogens with one attached hydrogen (secondary N) is 1. The van der Waals surface area contributed by atoms with Gasteiger partial charge in [-0.3, -0.25) is 14.7 Å². The van der Waals surface area contributed by atoms with Crippen LogP contribution in [0.1, 0.15) is 29.9 Å². The summed E-state index contributed by atoms with van der Waals surface area (Å²) in [5, 5.41) is 3.36. The highest BCUT2D eigenvalue weighted by atomic mass is 35.5. The number of nitrogens with zero attached hydrogens (tertiary/aromatic N) is 3. The van der Waals surface area contributed by atoms with E-state index in [-0.39, 0.29) is 5.15 Å². The van der Waals surface area contributed by atoms with Crippen LogP contribution in [0.4, 0.5) is 11.4 Å². The van der Waals surface area contributed by atoms with Crippen LogP contribution >= 0.6 is 11.6 Å². The lowest BCUT2D eigenvalue weighted by Gasteiger charge is -2.23. The van der Waals surface area contributed by atoms with E-state index in [1.54, 1.807) is 25.4 Å². The lowest BCUT2D eigenvalue weighted by Crippen LogP contribution is -2.24. The average Bonchev–Trinajstić information content (AvgIpc) is 3.44. The fourth-order valence-corrected chi connectivity index (χ4v) is 3.00. The molecule has 5 nitrogen and oxygen atoms in total. The van der Waals surface area contributed by atoms with Gasteiger partial charge >= 0.3 is 0 Å². The summed E-state index contributed by atoms with van der Waals surface area (Å²) < 4.78 is 0. The SMILES string of the molecule is C/N=C(/NC)c1ccc(C2CC2)cc1N(C=O)c1cccnc1Cl. The molecule has 24 heavy (non-hydrogen) atoms. The van der Waals surface area contributed by atoms with Crippen LogP contribution in [0.5, 0.6) is 0 Å². The Morgan fingerprint density at radius 1 is 1.38 bits per heavy atom. The predicted octanol–water partition coefficient (Wildman–Crippen LogP) is 3.50. The molecule has 1 aromatic carbocycles. The van der Waals surface area contributed by atoms with Gasteiger partial charge in [-0.25, -0.2) is 4.98 Å². The average molecular weight is 343 g/mol. The first kappa shape index (κ1) is 16.5. The Kier molecular flexibility index (Phi) is 4.81. The first-order valence-corrected chi connectivity index (χ1v) is 8.21. The standard InChI is InChI=1S/C18H19ClN4O/c1-20-18(21-2)14-8-7-13(12-5-6-12)10-16(14)23(11-24)15-4-3-9-22-17(15)19/h3-4,7-12H,5-6H2,1-2H3,(H,20,21). The van der Waals surface area contributed by atoms with Crippen LogP contribution in [0.15, 0.2) is 41.5 Å². The number of halogens is 1. The van der Waals surface area contributed by atoms with Crippen molar-refractivity contribution in [2.24, 2.45) is 4.99 Å². The van der Waals surface area contributed by atoms with Gasteiger partial charge in [0.15, 0.2) is 5.15 Å².